The van der Waals surface area contributed by atoms with E-state index in [1.165, 1.54) is 73.6 Å². The fourth-order valence-corrected chi connectivity index (χ4v) is 13.7. The Morgan fingerprint density at radius 3 is 1.32 bits per heavy atom. The van der Waals surface area contributed by atoms with Crippen LogP contribution in [-0.4, -0.2) is 212 Å². The molecule has 2 bridgehead atoms. The SMILES string of the molecule is CSC[C@H]1C(=O)SC[C@@H](NC(=O)c2ccc3ccccc3n2)C(=O)NCC(=O)N(C)[C@H]2CSSC[C@@H](C(=O)N1C)N(C)C(=O)CNC(=O)[C@H](NC(=O)c1ccc3ccccc3n1)CSC(=O)[C@H](CSC)N(C)C2=O.[2HH].[2HH]. The molecule has 2 aromatic heterocycles. The number of para-hydroxylation sites is 2. The fourth-order valence-electron chi connectivity index (χ4n) is 7.60. The minimum Gasteiger partial charge on any atom is -0.345 e. The van der Waals surface area contributed by atoms with E-state index >= 15 is 0 Å². The Morgan fingerprint density at radius 2 is 0.946 bits per heavy atom. The molecule has 8 amide bonds. The van der Waals surface area contributed by atoms with E-state index in [0.29, 0.717) is 34.6 Å². The fraction of sp³-hybridized carbons (Fsp3) is 0.417. The molecule has 26 heteroatoms. The van der Waals surface area contributed by atoms with Gasteiger partial charge in [0.1, 0.15) is 47.6 Å². The minimum atomic E-state index is -1.41. The van der Waals surface area contributed by atoms with Crippen LogP contribution in [0.1, 0.15) is 23.8 Å². The Balaban J connectivity index is 0.00000624. The van der Waals surface area contributed by atoms with Gasteiger partial charge in [0.2, 0.25) is 45.7 Å². The summed E-state index contributed by atoms with van der Waals surface area (Å²) >= 11 is 3.93. The molecule has 0 unspecified atom stereocenters. The van der Waals surface area contributed by atoms with Crippen molar-refractivity contribution in [2.75, 3.05) is 88.3 Å². The lowest BCUT2D eigenvalue weighted by Crippen LogP contribution is -2.57. The zero-order valence-corrected chi connectivity index (χ0v) is 46.2. The minimum absolute atomic E-state index is 0. The van der Waals surface area contributed by atoms with E-state index < -0.39 is 107 Å². The summed E-state index contributed by atoms with van der Waals surface area (Å²) in [7, 11) is 7.84. The number of amides is 8. The molecule has 2 aliphatic heterocycles. The van der Waals surface area contributed by atoms with E-state index in [-0.39, 0.29) is 48.8 Å². The maximum atomic E-state index is 14.7. The van der Waals surface area contributed by atoms with Crippen LogP contribution in [0.3, 0.4) is 0 Å². The molecule has 4 N–H and O–H groups in total. The van der Waals surface area contributed by atoms with Crippen molar-refractivity contribution in [2.24, 2.45) is 0 Å². The highest BCUT2D eigenvalue weighted by Gasteiger charge is 2.39. The van der Waals surface area contributed by atoms with Crippen molar-refractivity contribution in [3.8, 4) is 0 Å². The second-order valence-corrected chi connectivity index (χ2v) is 23.4. The molecule has 0 spiro atoms. The predicted octanol–water partition coefficient (Wildman–Crippen LogP) is 2.37. The van der Waals surface area contributed by atoms with Crippen molar-refractivity contribution >= 4 is 148 Å². The second-order valence-electron chi connectivity index (χ2n) is 17.0. The molecule has 4 heterocycles. The lowest BCUT2D eigenvalue weighted by Gasteiger charge is -2.35. The zero-order chi connectivity index (χ0) is 53.6. The highest BCUT2D eigenvalue weighted by molar-refractivity contribution is 8.76. The molecule has 20 nitrogen and oxygen atoms in total. The molecule has 4 aromatic rings. The maximum Gasteiger partial charge on any atom is 0.270 e. The summed E-state index contributed by atoms with van der Waals surface area (Å²) in [5, 5.41) is 10.9. The predicted molar refractivity (Wildman–Crippen MR) is 299 cm³/mol. The smallest absolute Gasteiger partial charge is 0.270 e. The summed E-state index contributed by atoms with van der Waals surface area (Å²) in [6, 6.07) is 13.1. The molecular weight excluding hydrogens is 1070 g/mol. The van der Waals surface area contributed by atoms with E-state index in [4.69, 9.17) is 0 Å². The van der Waals surface area contributed by atoms with Gasteiger partial charge in [0, 0.05) is 76.3 Å². The molecule has 2 fully saturated rings. The average Bonchev–Trinajstić information content (AvgIpc) is 3.41. The first-order valence-corrected chi connectivity index (χ1v) is 30.2. The number of nitrogens with one attached hydrogen (secondary N) is 4. The molecule has 6 atom stereocenters. The Hall–Kier alpha value is -5.54. The molecular formula is C48H60N10O10S6. The topological polar surface area (TPSA) is 258 Å². The Morgan fingerprint density at radius 1 is 0.568 bits per heavy atom. The summed E-state index contributed by atoms with van der Waals surface area (Å²) in [6.07, 6.45) is 3.48. The van der Waals surface area contributed by atoms with Crippen molar-refractivity contribution < 1.29 is 50.8 Å². The summed E-state index contributed by atoms with van der Waals surface area (Å²) in [4.78, 5) is 155. The van der Waals surface area contributed by atoms with Crippen molar-refractivity contribution in [3.05, 3.63) is 84.2 Å². The van der Waals surface area contributed by atoms with Gasteiger partial charge in [-0.2, -0.15) is 23.5 Å². The number of fused-ring (bicyclic) bond motifs is 7. The Labute approximate surface area is 455 Å². The van der Waals surface area contributed by atoms with E-state index in [2.05, 4.69) is 31.2 Å². The number of nitrogens with zero attached hydrogens (tertiary/aromatic N) is 6. The van der Waals surface area contributed by atoms with Crippen LogP contribution in [0, 0.1) is 0 Å². The number of hydrogen-bond donors (Lipinski definition) is 4. The van der Waals surface area contributed by atoms with Gasteiger partial charge >= 0.3 is 0 Å². The van der Waals surface area contributed by atoms with Crippen molar-refractivity contribution in [1.82, 2.24) is 50.8 Å². The molecule has 2 aliphatic rings. The van der Waals surface area contributed by atoms with Gasteiger partial charge in [-0.1, -0.05) is 93.6 Å². The van der Waals surface area contributed by atoms with Gasteiger partial charge in [0.05, 0.1) is 24.1 Å². The lowest BCUT2D eigenvalue weighted by molar-refractivity contribution is -0.144. The quantitative estimate of drug-likeness (QED) is 0.185. The number of rotatable bonds is 8. The standard InChI is InChI=1S/C48H56N10O10S6.2H2/c1-55-35-25-73-74-26-36(46(66)58(4)38(24-70-6)48(68)72-21-33(41(61)49-19-39(55)59)53-43(63)31-17-15-27-11-7-9-13-29(27)51-31)56(2)40(60)20-50-42(62)34(22-71-47(67)37(23-69-5)57(3)45(35)65)54-44(64)32-18-16-28-12-8-10-14-30(28)52-32;;/h7-18,33-38H,19-26H2,1-6H3,(H,49,61)(H,50,62)(H,53,63)(H,54,64);2*1H/t33-,34-,35+,36+,37+,38+;;/m1../s1/i;2*1+1. The summed E-state index contributed by atoms with van der Waals surface area (Å²) in [6.45, 7) is -1.26. The van der Waals surface area contributed by atoms with Crippen LogP contribution in [-0.2, 0) is 38.4 Å². The van der Waals surface area contributed by atoms with Gasteiger partial charge in [0.15, 0.2) is 0 Å². The number of likely N-dealkylation sites (N-methyl/N-ethyl adjacent to an activating group) is 4. The average molecular weight is 1130 g/mol. The molecule has 6 rings (SSSR count). The summed E-state index contributed by atoms with van der Waals surface area (Å²) in [5.41, 5.74) is 1.03. The van der Waals surface area contributed by atoms with Gasteiger partial charge in [-0.25, -0.2) is 9.97 Å². The van der Waals surface area contributed by atoms with Crippen LogP contribution in [0.25, 0.3) is 21.8 Å². The third-order valence-electron chi connectivity index (χ3n) is 12.2. The van der Waals surface area contributed by atoms with Crippen molar-refractivity contribution in [2.45, 2.75) is 36.3 Å². The molecule has 0 radical (unpaired) electrons. The lowest BCUT2D eigenvalue weighted by atomic mass is 10.2. The molecule has 2 aromatic carbocycles. The van der Waals surface area contributed by atoms with Crippen LogP contribution >= 0.6 is 68.6 Å². The van der Waals surface area contributed by atoms with Crippen molar-refractivity contribution in [1.29, 1.82) is 0 Å². The van der Waals surface area contributed by atoms with Crippen LogP contribution in [0.2, 0.25) is 0 Å². The first-order chi connectivity index (χ1) is 35.4. The molecule has 0 aliphatic carbocycles. The first kappa shape index (κ1) is 57.7. The molecule has 0 saturated carbocycles. The second kappa shape index (κ2) is 27.3. The first-order valence-electron chi connectivity index (χ1n) is 22.9. The van der Waals surface area contributed by atoms with Crippen LogP contribution in [0.15, 0.2) is 72.8 Å². The normalized spacial score (nSPS) is 23.1. The van der Waals surface area contributed by atoms with E-state index in [1.807, 2.05) is 24.3 Å². The molecule has 74 heavy (non-hydrogen) atoms. The summed E-state index contributed by atoms with van der Waals surface area (Å²) in [5.74, 6) is -6.42. The van der Waals surface area contributed by atoms with Gasteiger partial charge in [-0.15, -0.1) is 0 Å². The summed E-state index contributed by atoms with van der Waals surface area (Å²) < 4.78 is 0. The van der Waals surface area contributed by atoms with Crippen LogP contribution in [0.5, 0.6) is 0 Å². The number of pyridine rings is 2. The van der Waals surface area contributed by atoms with Gasteiger partial charge in [0.25, 0.3) is 11.8 Å². The third kappa shape index (κ3) is 14.6. The zero-order valence-electron chi connectivity index (χ0n) is 41.3. The number of carbonyl (C=O) groups excluding carboxylic acids is 10. The molecule has 2 saturated heterocycles. The third-order valence-corrected chi connectivity index (χ3v) is 18.0. The maximum absolute atomic E-state index is 14.7. The van der Waals surface area contributed by atoms with Crippen LogP contribution < -0.4 is 21.3 Å². The largest absolute Gasteiger partial charge is 0.345 e. The molecule has 398 valence electrons. The Kier molecular flexibility index (Phi) is 21.3. The van der Waals surface area contributed by atoms with E-state index in [0.717, 1.165) is 42.2 Å². The van der Waals surface area contributed by atoms with E-state index in [9.17, 15) is 47.9 Å². The Bertz CT molecular complexity index is 2620. The van der Waals surface area contributed by atoms with E-state index in [1.54, 1.807) is 48.9 Å². The van der Waals surface area contributed by atoms with Crippen molar-refractivity contribution in [3.63, 3.8) is 0 Å². The van der Waals surface area contributed by atoms with Gasteiger partial charge in [-0.05, 0) is 36.8 Å². The monoisotopic (exact) mass is 1130 g/mol. The van der Waals surface area contributed by atoms with Crippen LogP contribution in [0.4, 0.5) is 0 Å². The number of benzene rings is 2. The highest BCUT2D eigenvalue weighted by Crippen LogP contribution is 2.29. The highest BCUT2D eigenvalue weighted by atomic mass is 33.1. The number of carbonyl (C=O) groups is 10. The number of thioether (sulfide) groups is 4. The van der Waals surface area contributed by atoms with Gasteiger partial charge in [-0.3, -0.25) is 47.9 Å². The van der Waals surface area contributed by atoms with Gasteiger partial charge < -0.3 is 40.9 Å². The number of aromatic nitrogens is 2. The number of hydrogen-bond acceptors (Lipinski definition) is 18.